The third-order valence-corrected chi connectivity index (χ3v) is 4.39. The molecule has 1 aromatic carbocycles. The predicted molar refractivity (Wildman–Crippen MR) is 81.7 cm³/mol. The lowest BCUT2D eigenvalue weighted by Gasteiger charge is -2.31. The van der Waals surface area contributed by atoms with Crippen LogP contribution in [0, 0.1) is 0 Å². The molecule has 0 spiro atoms. The molecule has 5 nitrogen and oxygen atoms in total. The summed E-state index contributed by atoms with van der Waals surface area (Å²) in [5.41, 5.74) is 0.629. The fraction of sp³-hybridized carbons (Fsp3) is 0.533. The van der Waals surface area contributed by atoms with Crippen LogP contribution in [0.5, 0.6) is 0 Å². The fourth-order valence-electron chi connectivity index (χ4n) is 2.23. The van der Waals surface area contributed by atoms with Gasteiger partial charge in [0.05, 0.1) is 19.3 Å². The van der Waals surface area contributed by atoms with Gasteiger partial charge in [0.2, 0.25) is 0 Å². The van der Waals surface area contributed by atoms with Crippen LogP contribution in [0.3, 0.4) is 0 Å². The Morgan fingerprint density at radius 1 is 1.48 bits per heavy atom. The first-order chi connectivity index (χ1) is 10.2. The number of amides is 1. The van der Waals surface area contributed by atoms with Crippen LogP contribution in [0.4, 0.5) is 0 Å². The van der Waals surface area contributed by atoms with Crippen molar-refractivity contribution in [1.82, 2.24) is 5.32 Å². The summed E-state index contributed by atoms with van der Waals surface area (Å²) in [7, 11) is 1.63. The summed E-state index contributed by atoms with van der Waals surface area (Å²) in [4.78, 5) is 13.3. The Morgan fingerprint density at radius 2 is 2.24 bits per heavy atom. The average Bonchev–Trinajstić information content (AvgIpc) is 2.54. The van der Waals surface area contributed by atoms with Crippen molar-refractivity contribution in [2.75, 3.05) is 32.7 Å². The molecular formula is C15H21NO4S. The quantitative estimate of drug-likeness (QED) is 0.775. The second-order valence-corrected chi connectivity index (χ2v) is 5.98. The lowest BCUT2D eigenvalue weighted by Crippen LogP contribution is -2.49. The Balaban J connectivity index is 1.93. The normalized spacial score (nSPS) is 22.0. The van der Waals surface area contributed by atoms with Gasteiger partial charge in [0.25, 0.3) is 5.91 Å². The second-order valence-electron chi connectivity index (χ2n) is 4.81. The van der Waals surface area contributed by atoms with Crippen LogP contribution in [0.2, 0.25) is 0 Å². The van der Waals surface area contributed by atoms with Crippen LogP contribution in [-0.2, 0) is 9.47 Å². The number of hydrogen-bond acceptors (Lipinski definition) is 5. The van der Waals surface area contributed by atoms with Crippen LogP contribution < -0.4 is 5.32 Å². The van der Waals surface area contributed by atoms with Crippen LogP contribution >= 0.6 is 11.8 Å². The van der Waals surface area contributed by atoms with E-state index in [2.05, 4.69) is 5.32 Å². The van der Waals surface area contributed by atoms with Crippen LogP contribution in [-0.4, -0.2) is 55.8 Å². The second kappa shape index (κ2) is 8.38. The summed E-state index contributed by atoms with van der Waals surface area (Å²) in [5, 5.41) is 11.8. The van der Waals surface area contributed by atoms with Crippen molar-refractivity contribution in [2.24, 2.45) is 0 Å². The Morgan fingerprint density at radius 3 is 2.90 bits per heavy atom. The summed E-state index contributed by atoms with van der Waals surface area (Å²) in [6.07, 6.45) is 0.663. The average molecular weight is 311 g/mol. The molecule has 21 heavy (non-hydrogen) atoms. The van der Waals surface area contributed by atoms with Gasteiger partial charge in [0.1, 0.15) is 6.10 Å². The minimum absolute atomic E-state index is 0.0142. The van der Waals surface area contributed by atoms with E-state index in [9.17, 15) is 4.79 Å². The highest BCUT2D eigenvalue weighted by molar-refractivity contribution is 7.99. The van der Waals surface area contributed by atoms with Gasteiger partial charge >= 0.3 is 0 Å². The lowest BCUT2D eigenvalue weighted by molar-refractivity contribution is -0.0479. The van der Waals surface area contributed by atoms with E-state index in [4.69, 9.17) is 14.6 Å². The van der Waals surface area contributed by atoms with E-state index in [1.165, 1.54) is 0 Å². The molecule has 1 amide bonds. The molecule has 1 aliphatic heterocycles. The van der Waals surface area contributed by atoms with Crippen molar-refractivity contribution in [3.63, 3.8) is 0 Å². The molecule has 0 bridgehead atoms. The molecule has 1 fully saturated rings. The van der Waals surface area contributed by atoms with E-state index in [0.29, 0.717) is 24.5 Å². The molecule has 1 aliphatic rings. The lowest BCUT2D eigenvalue weighted by atomic mass is 10.1. The zero-order valence-electron chi connectivity index (χ0n) is 12.1. The van der Waals surface area contributed by atoms with Crippen molar-refractivity contribution in [1.29, 1.82) is 0 Å². The Hall–Kier alpha value is -1.08. The molecule has 1 heterocycles. The predicted octanol–water partition coefficient (Wildman–Crippen LogP) is 1.30. The first-order valence-corrected chi connectivity index (χ1v) is 7.98. The highest BCUT2D eigenvalue weighted by Crippen LogP contribution is 2.18. The largest absolute Gasteiger partial charge is 0.396 e. The van der Waals surface area contributed by atoms with Crippen molar-refractivity contribution >= 4 is 17.7 Å². The van der Waals surface area contributed by atoms with E-state index in [-0.39, 0.29) is 24.7 Å². The summed E-state index contributed by atoms with van der Waals surface area (Å²) in [6.45, 7) is 1.30. The fourth-order valence-corrected chi connectivity index (χ4v) is 2.88. The SMILES string of the molecule is CO[C@@H]1COCC[C@H]1NC(=O)c1ccc(SCCO)cc1. The summed E-state index contributed by atoms with van der Waals surface area (Å²) in [6, 6.07) is 7.38. The van der Waals surface area contributed by atoms with E-state index >= 15 is 0 Å². The minimum Gasteiger partial charge on any atom is -0.396 e. The first-order valence-electron chi connectivity index (χ1n) is 6.99. The third-order valence-electron chi connectivity index (χ3n) is 3.40. The van der Waals surface area contributed by atoms with Crippen molar-refractivity contribution in [3.05, 3.63) is 29.8 Å². The molecule has 1 aromatic rings. The monoisotopic (exact) mass is 311 g/mol. The van der Waals surface area contributed by atoms with Gasteiger partial charge in [-0.15, -0.1) is 11.8 Å². The molecule has 0 unspecified atom stereocenters. The van der Waals surface area contributed by atoms with Crippen molar-refractivity contribution in [2.45, 2.75) is 23.5 Å². The maximum Gasteiger partial charge on any atom is 0.251 e. The molecule has 2 atom stereocenters. The van der Waals surface area contributed by atoms with Gasteiger partial charge in [-0.2, -0.15) is 0 Å². The number of carbonyl (C=O) groups excluding carboxylic acids is 1. The number of ether oxygens (including phenoxy) is 2. The van der Waals surface area contributed by atoms with Gasteiger partial charge in [-0.05, 0) is 30.7 Å². The highest BCUT2D eigenvalue weighted by atomic mass is 32.2. The minimum atomic E-state index is -0.0953. The van der Waals surface area contributed by atoms with Crippen molar-refractivity contribution < 1.29 is 19.4 Å². The molecule has 1 saturated heterocycles. The molecule has 2 rings (SSSR count). The number of nitrogens with one attached hydrogen (secondary N) is 1. The molecule has 0 radical (unpaired) electrons. The summed E-state index contributed by atoms with van der Waals surface area (Å²) in [5.74, 6) is 0.561. The molecule has 116 valence electrons. The van der Waals surface area contributed by atoms with E-state index in [1.807, 2.05) is 12.1 Å². The summed E-state index contributed by atoms with van der Waals surface area (Å²) < 4.78 is 10.7. The van der Waals surface area contributed by atoms with E-state index < -0.39 is 0 Å². The van der Waals surface area contributed by atoms with Gasteiger partial charge in [0.15, 0.2) is 0 Å². The number of carbonyl (C=O) groups is 1. The van der Waals surface area contributed by atoms with Crippen LogP contribution in [0.15, 0.2) is 29.2 Å². The number of aliphatic hydroxyl groups is 1. The molecule has 0 saturated carbocycles. The highest BCUT2D eigenvalue weighted by Gasteiger charge is 2.27. The van der Waals surface area contributed by atoms with Gasteiger partial charge in [-0.25, -0.2) is 0 Å². The third kappa shape index (κ3) is 4.71. The van der Waals surface area contributed by atoms with Gasteiger partial charge in [-0.1, -0.05) is 0 Å². The molecule has 6 heteroatoms. The maximum absolute atomic E-state index is 12.2. The Labute approximate surface area is 129 Å². The standard InChI is InChI=1S/C15H21NO4S/c1-19-14-10-20-8-6-13(14)16-15(18)11-2-4-12(5-3-11)21-9-7-17/h2-5,13-14,17H,6-10H2,1H3,(H,16,18)/t13-,14-/m1/s1. The number of benzene rings is 1. The number of hydrogen-bond donors (Lipinski definition) is 2. The topological polar surface area (TPSA) is 67.8 Å². The number of thioether (sulfide) groups is 1. The van der Waals surface area contributed by atoms with Crippen LogP contribution in [0.1, 0.15) is 16.8 Å². The molecule has 0 aromatic heterocycles. The number of methoxy groups -OCH3 is 1. The van der Waals surface area contributed by atoms with Gasteiger partial charge in [-0.3, -0.25) is 4.79 Å². The molecule has 0 aliphatic carbocycles. The first kappa shape index (κ1) is 16.3. The van der Waals surface area contributed by atoms with Crippen molar-refractivity contribution in [3.8, 4) is 0 Å². The Bertz CT molecular complexity index is 451. The van der Waals surface area contributed by atoms with Crippen LogP contribution in [0.25, 0.3) is 0 Å². The smallest absolute Gasteiger partial charge is 0.251 e. The zero-order valence-corrected chi connectivity index (χ0v) is 12.9. The number of aliphatic hydroxyl groups excluding tert-OH is 1. The molecular weight excluding hydrogens is 290 g/mol. The maximum atomic E-state index is 12.2. The zero-order chi connectivity index (χ0) is 15.1. The van der Waals surface area contributed by atoms with Gasteiger partial charge < -0.3 is 19.9 Å². The van der Waals surface area contributed by atoms with E-state index in [0.717, 1.165) is 11.3 Å². The Kier molecular flexibility index (Phi) is 6.50. The number of rotatable bonds is 6. The summed E-state index contributed by atoms with van der Waals surface area (Å²) >= 11 is 1.56. The molecule has 2 N–H and O–H groups in total. The van der Waals surface area contributed by atoms with E-state index in [1.54, 1.807) is 31.0 Å². The van der Waals surface area contributed by atoms with Gasteiger partial charge in [0, 0.05) is 29.9 Å².